The number of nitrogens with zero attached hydrogens (tertiary/aromatic N) is 5. The molecule has 0 unspecified atom stereocenters. The highest BCUT2D eigenvalue weighted by molar-refractivity contribution is 6.05. The minimum atomic E-state index is -0.199. The fourth-order valence-corrected chi connectivity index (χ4v) is 2.54. The number of hydrogen-bond acceptors (Lipinski definition) is 4. The molecule has 1 amide bonds. The average molecular weight is 338 g/mol. The molecule has 0 bridgehead atoms. The molecule has 3 aromatic heterocycles. The second-order valence-electron chi connectivity index (χ2n) is 6.33. The van der Waals surface area contributed by atoms with Crippen LogP contribution in [0.4, 0.5) is 5.69 Å². The second kappa shape index (κ2) is 7.29. The number of hydrogen-bond donors (Lipinski definition) is 1. The Kier molecular flexibility index (Phi) is 4.92. The van der Waals surface area contributed by atoms with Crippen LogP contribution in [0.15, 0.2) is 43.0 Å². The van der Waals surface area contributed by atoms with Crippen molar-refractivity contribution in [3.05, 3.63) is 54.2 Å². The van der Waals surface area contributed by atoms with Gasteiger partial charge in [0.15, 0.2) is 5.82 Å². The van der Waals surface area contributed by atoms with E-state index in [1.807, 2.05) is 17.7 Å². The van der Waals surface area contributed by atoms with Gasteiger partial charge in [-0.2, -0.15) is 10.2 Å². The number of anilines is 1. The van der Waals surface area contributed by atoms with Crippen molar-refractivity contribution in [3.63, 3.8) is 0 Å². The van der Waals surface area contributed by atoms with Crippen LogP contribution in [0.5, 0.6) is 0 Å². The van der Waals surface area contributed by atoms with Gasteiger partial charge in [0.25, 0.3) is 5.91 Å². The van der Waals surface area contributed by atoms with Crippen LogP contribution in [0, 0.1) is 12.8 Å². The van der Waals surface area contributed by atoms with Crippen molar-refractivity contribution in [1.82, 2.24) is 24.5 Å². The van der Waals surface area contributed by atoms with Gasteiger partial charge in [-0.05, 0) is 37.5 Å². The van der Waals surface area contributed by atoms with E-state index in [9.17, 15) is 4.79 Å². The van der Waals surface area contributed by atoms with Gasteiger partial charge in [0.2, 0.25) is 0 Å². The largest absolute Gasteiger partial charge is 0.319 e. The summed E-state index contributed by atoms with van der Waals surface area (Å²) in [4.78, 5) is 17.0. The molecular weight excluding hydrogens is 316 g/mol. The minimum Gasteiger partial charge on any atom is -0.319 e. The average Bonchev–Trinajstić information content (AvgIpc) is 3.23. The summed E-state index contributed by atoms with van der Waals surface area (Å²) < 4.78 is 3.50. The van der Waals surface area contributed by atoms with Gasteiger partial charge in [-0.15, -0.1) is 0 Å². The van der Waals surface area contributed by atoms with Crippen LogP contribution in [0.3, 0.4) is 0 Å². The molecule has 1 N–H and O–H groups in total. The number of rotatable bonds is 6. The fourth-order valence-electron chi connectivity index (χ4n) is 2.54. The smallest absolute Gasteiger partial charge is 0.259 e. The number of aromatic nitrogens is 5. The van der Waals surface area contributed by atoms with Crippen molar-refractivity contribution in [2.75, 3.05) is 5.32 Å². The van der Waals surface area contributed by atoms with Crippen molar-refractivity contribution in [3.8, 4) is 5.82 Å². The van der Waals surface area contributed by atoms with E-state index in [0.29, 0.717) is 23.0 Å². The SMILES string of the molecule is Cc1c(C(=O)Nc2cccnc2-n2cccn2)cnn1CCC(C)C. The van der Waals surface area contributed by atoms with Crippen LogP contribution in [-0.4, -0.2) is 30.5 Å². The maximum absolute atomic E-state index is 12.7. The Bertz CT molecular complexity index is 850. The highest BCUT2D eigenvalue weighted by Gasteiger charge is 2.16. The molecule has 0 spiro atoms. The van der Waals surface area contributed by atoms with Crippen LogP contribution in [-0.2, 0) is 6.54 Å². The van der Waals surface area contributed by atoms with Crippen molar-refractivity contribution < 1.29 is 4.79 Å². The second-order valence-corrected chi connectivity index (χ2v) is 6.33. The molecule has 7 heteroatoms. The third-order valence-electron chi connectivity index (χ3n) is 4.02. The predicted octanol–water partition coefficient (Wildman–Crippen LogP) is 3.07. The lowest BCUT2D eigenvalue weighted by molar-refractivity contribution is 0.102. The minimum absolute atomic E-state index is 0.199. The summed E-state index contributed by atoms with van der Waals surface area (Å²) in [6, 6.07) is 5.39. The molecular formula is C18H22N6O. The Labute approximate surface area is 146 Å². The molecule has 0 saturated carbocycles. The molecule has 0 aliphatic carbocycles. The highest BCUT2D eigenvalue weighted by Crippen LogP contribution is 2.18. The van der Waals surface area contributed by atoms with E-state index in [-0.39, 0.29) is 5.91 Å². The standard InChI is InChI=1S/C18H22N6O/c1-13(2)7-11-23-14(3)15(12-21-23)18(25)22-16-6-4-8-19-17(16)24-10-5-9-20-24/h4-6,8-10,12-13H,7,11H2,1-3H3,(H,22,25). The molecule has 0 saturated heterocycles. The van der Waals surface area contributed by atoms with Gasteiger partial charge in [-0.3, -0.25) is 9.48 Å². The third-order valence-corrected chi connectivity index (χ3v) is 4.02. The Hall–Kier alpha value is -2.96. The van der Waals surface area contributed by atoms with Crippen molar-refractivity contribution in [2.45, 2.75) is 33.7 Å². The quantitative estimate of drug-likeness (QED) is 0.749. The number of carbonyl (C=O) groups is 1. The summed E-state index contributed by atoms with van der Waals surface area (Å²) in [5, 5.41) is 11.4. The monoisotopic (exact) mass is 338 g/mol. The van der Waals surface area contributed by atoms with Crippen LogP contribution in [0.1, 0.15) is 36.3 Å². The van der Waals surface area contributed by atoms with Gasteiger partial charge in [0.1, 0.15) is 0 Å². The van der Waals surface area contributed by atoms with Crippen molar-refractivity contribution in [2.24, 2.45) is 5.92 Å². The predicted molar refractivity (Wildman–Crippen MR) is 95.7 cm³/mol. The molecule has 0 aliphatic heterocycles. The van der Waals surface area contributed by atoms with E-state index in [1.165, 1.54) is 0 Å². The molecule has 3 aromatic rings. The van der Waals surface area contributed by atoms with E-state index in [0.717, 1.165) is 18.7 Å². The Morgan fingerprint density at radius 2 is 2.08 bits per heavy atom. The Balaban J connectivity index is 1.80. The van der Waals surface area contributed by atoms with Gasteiger partial charge in [0.05, 0.1) is 17.4 Å². The first-order valence-electron chi connectivity index (χ1n) is 8.35. The van der Waals surface area contributed by atoms with E-state index in [1.54, 1.807) is 41.6 Å². The first kappa shape index (κ1) is 16.9. The number of carbonyl (C=O) groups excluding carboxylic acids is 1. The molecule has 0 aromatic carbocycles. The number of amides is 1. The summed E-state index contributed by atoms with van der Waals surface area (Å²) in [7, 11) is 0. The zero-order valence-corrected chi connectivity index (χ0v) is 14.7. The number of aryl methyl sites for hydroxylation is 1. The van der Waals surface area contributed by atoms with E-state index in [4.69, 9.17) is 0 Å². The lowest BCUT2D eigenvalue weighted by Gasteiger charge is -2.10. The molecule has 3 heterocycles. The summed E-state index contributed by atoms with van der Waals surface area (Å²) in [6.45, 7) is 7.07. The number of nitrogens with one attached hydrogen (secondary N) is 1. The molecule has 0 aliphatic rings. The Morgan fingerprint density at radius 1 is 1.24 bits per heavy atom. The van der Waals surface area contributed by atoms with Gasteiger partial charge in [-0.1, -0.05) is 13.8 Å². The first-order valence-corrected chi connectivity index (χ1v) is 8.35. The summed E-state index contributed by atoms with van der Waals surface area (Å²) >= 11 is 0. The van der Waals surface area contributed by atoms with Gasteiger partial charge in [0, 0.05) is 30.8 Å². The van der Waals surface area contributed by atoms with Gasteiger partial charge < -0.3 is 5.32 Å². The molecule has 0 radical (unpaired) electrons. The summed E-state index contributed by atoms with van der Waals surface area (Å²) in [6.07, 6.45) is 7.77. The summed E-state index contributed by atoms with van der Waals surface area (Å²) in [5.41, 5.74) is 2.03. The highest BCUT2D eigenvalue weighted by atomic mass is 16.1. The molecule has 7 nitrogen and oxygen atoms in total. The molecule has 0 atom stereocenters. The third kappa shape index (κ3) is 3.76. The molecule has 25 heavy (non-hydrogen) atoms. The zero-order valence-electron chi connectivity index (χ0n) is 14.7. The van der Waals surface area contributed by atoms with E-state index in [2.05, 4.69) is 34.3 Å². The number of pyridine rings is 1. The van der Waals surface area contributed by atoms with Crippen molar-refractivity contribution in [1.29, 1.82) is 0 Å². The fraction of sp³-hybridized carbons (Fsp3) is 0.333. The van der Waals surface area contributed by atoms with E-state index < -0.39 is 0 Å². The Morgan fingerprint density at radius 3 is 2.80 bits per heavy atom. The maximum atomic E-state index is 12.7. The lowest BCUT2D eigenvalue weighted by Crippen LogP contribution is -2.16. The van der Waals surface area contributed by atoms with Crippen LogP contribution < -0.4 is 5.32 Å². The molecule has 130 valence electrons. The van der Waals surface area contributed by atoms with Crippen LogP contribution in [0.25, 0.3) is 5.82 Å². The van der Waals surface area contributed by atoms with Crippen molar-refractivity contribution >= 4 is 11.6 Å². The molecule has 3 rings (SSSR count). The summed E-state index contributed by atoms with van der Waals surface area (Å²) in [5.74, 6) is 0.966. The zero-order chi connectivity index (χ0) is 17.8. The van der Waals surface area contributed by atoms with Crippen LogP contribution >= 0.6 is 0 Å². The van der Waals surface area contributed by atoms with Gasteiger partial charge in [-0.25, -0.2) is 9.67 Å². The van der Waals surface area contributed by atoms with E-state index >= 15 is 0 Å². The first-order chi connectivity index (χ1) is 12.1. The molecule has 0 fully saturated rings. The van der Waals surface area contributed by atoms with Gasteiger partial charge >= 0.3 is 0 Å². The normalized spacial score (nSPS) is 11.0. The topological polar surface area (TPSA) is 77.6 Å². The maximum Gasteiger partial charge on any atom is 0.259 e. The van der Waals surface area contributed by atoms with Crippen LogP contribution in [0.2, 0.25) is 0 Å². The lowest BCUT2D eigenvalue weighted by atomic mass is 10.1.